The smallest absolute Gasteiger partial charge is 0.129 e. The van der Waals surface area contributed by atoms with Crippen molar-refractivity contribution in [2.45, 2.75) is 39.7 Å². The van der Waals surface area contributed by atoms with Gasteiger partial charge in [-0.3, -0.25) is 0 Å². The molecule has 0 aromatic heterocycles. The molecule has 0 aliphatic heterocycles. The standard InChI is InChI=1S/C14H21ClFN/c1-11(2)6-3-4-9-17-10-12-13(15)7-5-8-14(12)16/h5,7-8,11,17H,3-4,6,9-10H2,1-2H3. The minimum absolute atomic E-state index is 0.229. The minimum Gasteiger partial charge on any atom is -0.313 e. The normalized spacial score (nSPS) is 11.1. The third kappa shape index (κ3) is 5.51. The molecule has 1 aromatic carbocycles. The molecule has 1 rings (SSSR count). The van der Waals surface area contributed by atoms with Gasteiger partial charge in [0.15, 0.2) is 0 Å². The molecule has 0 aliphatic carbocycles. The third-order valence-electron chi connectivity index (χ3n) is 2.75. The number of hydrogen-bond donors (Lipinski definition) is 1. The third-order valence-corrected chi connectivity index (χ3v) is 3.10. The van der Waals surface area contributed by atoms with Gasteiger partial charge in [-0.2, -0.15) is 0 Å². The summed E-state index contributed by atoms with van der Waals surface area (Å²) in [6, 6.07) is 4.80. The maximum absolute atomic E-state index is 13.4. The molecule has 0 heterocycles. The van der Waals surface area contributed by atoms with Crippen LogP contribution in [0.5, 0.6) is 0 Å². The fourth-order valence-corrected chi connectivity index (χ4v) is 1.95. The highest BCUT2D eigenvalue weighted by Crippen LogP contribution is 2.18. The van der Waals surface area contributed by atoms with E-state index in [9.17, 15) is 4.39 Å². The Labute approximate surface area is 108 Å². The summed E-state index contributed by atoms with van der Waals surface area (Å²) in [5.74, 6) is 0.531. The average molecular weight is 258 g/mol. The lowest BCUT2D eigenvalue weighted by Crippen LogP contribution is -2.16. The Kier molecular flexibility index (Phi) is 6.53. The Morgan fingerprint density at radius 3 is 2.71 bits per heavy atom. The van der Waals surface area contributed by atoms with E-state index in [0.29, 0.717) is 17.1 Å². The molecule has 0 saturated carbocycles. The van der Waals surface area contributed by atoms with Gasteiger partial charge in [0.1, 0.15) is 5.82 Å². The maximum Gasteiger partial charge on any atom is 0.129 e. The van der Waals surface area contributed by atoms with Crippen molar-refractivity contribution in [3.63, 3.8) is 0 Å². The molecule has 17 heavy (non-hydrogen) atoms. The van der Waals surface area contributed by atoms with E-state index in [4.69, 9.17) is 11.6 Å². The molecular weight excluding hydrogens is 237 g/mol. The van der Waals surface area contributed by atoms with Gasteiger partial charge in [-0.1, -0.05) is 44.4 Å². The van der Waals surface area contributed by atoms with Gasteiger partial charge < -0.3 is 5.32 Å². The van der Waals surface area contributed by atoms with Gasteiger partial charge in [-0.05, 0) is 31.0 Å². The van der Waals surface area contributed by atoms with E-state index in [1.165, 1.54) is 18.9 Å². The molecular formula is C14H21ClFN. The number of hydrogen-bond acceptors (Lipinski definition) is 1. The van der Waals surface area contributed by atoms with Crippen molar-refractivity contribution in [3.8, 4) is 0 Å². The molecule has 1 aromatic rings. The lowest BCUT2D eigenvalue weighted by atomic mass is 10.1. The van der Waals surface area contributed by atoms with Crippen molar-refractivity contribution in [1.82, 2.24) is 5.32 Å². The van der Waals surface area contributed by atoms with Gasteiger partial charge >= 0.3 is 0 Å². The summed E-state index contributed by atoms with van der Waals surface area (Å²) in [6.45, 7) is 5.88. The van der Waals surface area contributed by atoms with E-state index < -0.39 is 0 Å². The van der Waals surface area contributed by atoms with Crippen LogP contribution in [-0.4, -0.2) is 6.54 Å². The summed E-state index contributed by atoms with van der Waals surface area (Å²) in [7, 11) is 0. The Morgan fingerprint density at radius 1 is 1.29 bits per heavy atom. The van der Waals surface area contributed by atoms with Crippen molar-refractivity contribution in [1.29, 1.82) is 0 Å². The zero-order valence-electron chi connectivity index (χ0n) is 10.6. The molecule has 0 spiro atoms. The Bertz CT molecular complexity index is 319. The molecule has 0 radical (unpaired) electrons. The zero-order chi connectivity index (χ0) is 12.7. The first kappa shape index (κ1) is 14.5. The van der Waals surface area contributed by atoms with E-state index in [-0.39, 0.29) is 5.82 Å². The number of unbranched alkanes of at least 4 members (excludes halogenated alkanes) is 1. The van der Waals surface area contributed by atoms with Crippen LogP contribution in [0.25, 0.3) is 0 Å². The number of benzene rings is 1. The lowest BCUT2D eigenvalue weighted by molar-refractivity contribution is 0.516. The quantitative estimate of drug-likeness (QED) is 0.714. The maximum atomic E-state index is 13.4. The van der Waals surface area contributed by atoms with Gasteiger partial charge in [0.05, 0.1) is 0 Å². The van der Waals surface area contributed by atoms with Crippen LogP contribution in [0.3, 0.4) is 0 Å². The first-order chi connectivity index (χ1) is 8.11. The summed E-state index contributed by atoms with van der Waals surface area (Å²) in [5, 5.41) is 3.73. The molecule has 96 valence electrons. The predicted octanol–water partition coefficient (Wildman–Crippen LogP) is 4.40. The van der Waals surface area contributed by atoms with Crippen LogP contribution in [0.2, 0.25) is 5.02 Å². The number of rotatable bonds is 7. The predicted molar refractivity (Wildman–Crippen MR) is 71.8 cm³/mol. The van der Waals surface area contributed by atoms with Gasteiger partial charge in [0.2, 0.25) is 0 Å². The largest absolute Gasteiger partial charge is 0.313 e. The van der Waals surface area contributed by atoms with E-state index in [0.717, 1.165) is 18.9 Å². The molecule has 0 unspecified atom stereocenters. The molecule has 0 aliphatic rings. The summed E-state index contributed by atoms with van der Waals surface area (Å²) in [5.41, 5.74) is 0.568. The molecule has 0 bridgehead atoms. The first-order valence-corrected chi connectivity index (χ1v) is 6.62. The Balaban J connectivity index is 2.22. The summed E-state index contributed by atoms with van der Waals surface area (Å²) in [4.78, 5) is 0. The molecule has 0 saturated heterocycles. The second-order valence-corrected chi connectivity index (χ2v) is 5.17. The van der Waals surface area contributed by atoms with E-state index in [1.54, 1.807) is 12.1 Å². The Hall–Kier alpha value is -0.600. The Morgan fingerprint density at radius 2 is 2.06 bits per heavy atom. The molecule has 0 atom stereocenters. The van der Waals surface area contributed by atoms with Crippen LogP contribution in [0.15, 0.2) is 18.2 Å². The van der Waals surface area contributed by atoms with Crippen molar-refractivity contribution in [2.24, 2.45) is 5.92 Å². The summed E-state index contributed by atoms with van der Waals surface area (Å²) in [6.07, 6.45) is 3.60. The first-order valence-electron chi connectivity index (χ1n) is 6.25. The SMILES string of the molecule is CC(C)CCCCNCc1c(F)cccc1Cl. The molecule has 3 heteroatoms. The summed E-state index contributed by atoms with van der Waals surface area (Å²) < 4.78 is 13.4. The highest BCUT2D eigenvalue weighted by Gasteiger charge is 2.05. The molecule has 0 amide bonds. The molecule has 1 N–H and O–H groups in total. The zero-order valence-corrected chi connectivity index (χ0v) is 11.4. The topological polar surface area (TPSA) is 12.0 Å². The van der Waals surface area contributed by atoms with Crippen molar-refractivity contribution in [2.75, 3.05) is 6.54 Å². The van der Waals surface area contributed by atoms with E-state index in [2.05, 4.69) is 19.2 Å². The summed E-state index contributed by atoms with van der Waals surface area (Å²) >= 11 is 5.93. The minimum atomic E-state index is -0.229. The van der Waals surface area contributed by atoms with Gasteiger partial charge in [-0.25, -0.2) is 4.39 Å². The van der Waals surface area contributed by atoms with Gasteiger partial charge in [-0.15, -0.1) is 0 Å². The average Bonchev–Trinajstić information content (AvgIpc) is 2.26. The second kappa shape index (κ2) is 7.67. The highest BCUT2D eigenvalue weighted by atomic mass is 35.5. The van der Waals surface area contributed by atoms with Crippen molar-refractivity contribution in [3.05, 3.63) is 34.6 Å². The van der Waals surface area contributed by atoms with Crippen LogP contribution >= 0.6 is 11.6 Å². The fraction of sp³-hybridized carbons (Fsp3) is 0.571. The number of nitrogens with one attached hydrogen (secondary N) is 1. The van der Waals surface area contributed by atoms with E-state index >= 15 is 0 Å². The van der Waals surface area contributed by atoms with Crippen LogP contribution < -0.4 is 5.32 Å². The molecule has 1 nitrogen and oxygen atoms in total. The van der Waals surface area contributed by atoms with Gasteiger partial charge in [0, 0.05) is 17.1 Å². The van der Waals surface area contributed by atoms with Crippen molar-refractivity contribution < 1.29 is 4.39 Å². The van der Waals surface area contributed by atoms with Crippen molar-refractivity contribution >= 4 is 11.6 Å². The van der Waals surface area contributed by atoms with E-state index in [1.807, 2.05) is 0 Å². The van der Waals surface area contributed by atoms with Crippen LogP contribution in [-0.2, 0) is 6.54 Å². The monoisotopic (exact) mass is 257 g/mol. The van der Waals surface area contributed by atoms with Gasteiger partial charge in [0.25, 0.3) is 0 Å². The highest BCUT2D eigenvalue weighted by molar-refractivity contribution is 6.31. The lowest BCUT2D eigenvalue weighted by Gasteiger charge is -2.08. The molecule has 0 fully saturated rings. The second-order valence-electron chi connectivity index (χ2n) is 4.77. The van der Waals surface area contributed by atoms with Crippen LogP contribution in [0.1, 0.15) is 38.7 Å². The number of halogens is 2. The van der Waals surface area contributed by atoms with Crippen LogP contribution in [0, 0.1) is 11.7 Å². The fourth-order valence-electron chi connectivity index (χ4n) is 1.72. The van der Waals surface area contributed by atoms with Crippen LogP contribution in [0.4, 0.5) is 4.39 Å².